The highest BCUT2D eigenvalue weighted by atomic mass is 35.5. The normalized spacial score (nSPS) is 11.1. The van der Waals surface area contributed by atoms with E-state index in [0.29, 0.717) is 0 Å². The summed E-state index contributed by atoms with van der Waals surface area (Å²) in [4.78, 5) is 9.51. The van der Waals surface area contributed by atoms with Crippen LogP contribution in [0, 0.1) is 10.1 Å². The fourth-order valence-corrected chi connectivity index (χ4v) is 0.902. The highest BCUT2D eigenvalue weighted by molar-refractivity contribution is 6.20. The number of nitrogens with zero attached hydrogens (tertiary/aromatic N) is 1. The van der Waals surface area contributed by atoms with Gasteiger partial charge in [-0.25, -0.2) is 0 Å². The largest absolute Gasteiger partial charge is 0.487 e. The predicted octanol–water partition coefficient (Wildman–Crippen LogP) is 2.76. The number of para-hydroxylation sites is 2. The number of benzene rings is 1. The molecule has 0 amide bonds. The summed E-state index contributed by atoms with van der Waals surface area (Å²) in [6, 6.07) is 4.73. The average molecular weight is 224 g/mol. The highest BCUT2D eigenvalue weighted by Crippen LogP contribution is 2.32. The van der Waals surface area contributed by atoms with Crippen molar-refractivity contribution in [3.05, 3.63) is 34.4 Å². The van der Waals surface area contributed by atoms with Crippen LogP contribution in [-0.2, 0) is 0 Å². The fourth-order valence-electron chi connectivity index (χ4n) is 0.819. The maximum absolute atomic E-state index is 12.2. The van der Waals surface area contributed by atoms with Gasteiger partial charge in [0.2, 0.25) is 5.75 Å². The van der Waals surface area contributed by atoms with E-state index in [4.69, 9.17) is 0 Å². The fraction of sp³-hybridized carbons (Fsp3) is 0.143. The van der Waals surface area contributed by atoms with Crippen molar-refractivity contribution in [1.29, 1.82) is 0 Å². The lowest BCUT2D eigenvalue weighted by molar-refractivity contribution is -0.386. The highest BCUT2D eigenvalue weighted by Gasteiger charge is 2.30. The zero-order valence-corrected chi connectivity index (χ0v) is 7.37. The molecule has 76 valence electrons. The Morgan fingerprint density at radius 3 is 2.50 bits per heavy atom. The van der Waals surface area contributed by atoms with Crippen LogP contribution in [0.3, 0.4) is 0 Å². The molecule has 1 aromatic rings. The van der Waals surface area contributed by atoms with Crippen LogP contribution in [0.25, 0.3) is 0 Å². The molecule has 0 aliphatic carbocycles. The molecule has 4 nitrogen and oxygen atoms in total. The first-order valence-electron chi connectivity index (χ1n) is 3.39. The molecular weight excluding hydrogens is 220 g/mol. The summed E-state index contributed by atoms with van der Waals surface area (Å²) in [6.45, 7) is 0. The van der Waals surface area contributed by atoms with E-state index >= 15 is 0 Å². The molecule has 0 atom stereocenters. The molecule has 0 bridgehead atoms. The van der Waals surface area contributed by atoms with Crippen LogP contribution in [0.2, 0.25) is 0 Å². The maximum atomic E-state index is 12.2. The van der Waals surface area contributed by atoms with E-state index in [2.05, 4.69) is 16.3 Å². The smallest absolute Gasteiger partial charge is 0.413 e. The van der Waals surface area contributed by atoms with Crippen molar-refractivity contribution < 1.29 is 18.4 Å². The summed E-state index contributed by atoms with van der Waals surface area (Å²) in [5.41, 5.74) is -4.51. The zero-order valence-electron chi connectivity index (χ0n) is 6.62. The van der Waals surface area contributed by atoms with E-state index in [0.717, 1.165) is 12.1 Å². The van der Waals surface area contributed by atoms with Gasteiger partial charge in [0, 0.05) is 17.7 Å². The van der Waals surface area contributed by atoms with Crippen molar-refractivity contribution in [1.82, 2.24) is 0 Å². The minimum atomic E-state index is -3.95. The second kappa shape index (κ2) is 3.75. The van der Waals surface area contributed by atoms with Crippen LogP contribution in [-0.4, -0.2) is 10.5 Å². The number of nitro benzene ring substituents is 1. The van der Waals surface area contributed by atoms with Gasteiger partial charge in [0.1, 0.15) is 0 Å². The molecule has 0 saturated carbocycles. The monoisotopic (exact) mass is 223 g/mol. The van der Waals surface area contributed by atoms with Crippen molar-refractivity contribution >= 4 is 17.3 Å². The zero-order chi connectivity index (χ0) is 10.8. The van der Waals surface area contributed by atoms with Gasteiger partial charge < -0.3 is 4.74 Å². The Balaban J connectivity index is 3.02. The molecule has 0 radical (unpaired) electrons. The first-order chi connectivity index (χ1) is 6.40. The topological polar surface area (TPSA) is 52.4 Å². The lowest BCUT2D eigenvalue weighted by Gasteiger charge is -2.09. The van der Waals surface area contributed by atoms with Crippen LogP contribution in [0.15, 0.2) is 24.3 Å². The van der Waals surface area contributed by atoms with Gasteiger partial charge in [0.25, 0.3) is 0 Å². The predicted molar refractivity (Wildman–Crippen MR) is 44.5 cm³/mol. The molecule has 0 spiro atoms. The van der Waals surface area contributed by atoms with E-state index in [1.165, 1.54) is 12.1 Å². The molecule has 0 aromatic heterocycles. The Kier molecular flexibility index (Phi) is 2.85. The molecule has 0 unspecified atom stereocenters. The van der Waals surface area contributed by atoms with Gasteiger partial charge in [0.05, 0.1) is 4.92 Å². The van der Waals surface area contributed by atoms with Crippen molar-refractivity contribution in [2.24, 2.45) is 0 Å². The first kappa shape index (κ1) is 10.6. The van der Waals surface area contributed by atoms with Crippen molar-refractivity contribution in [3.63, 3.8) is 0 Å². The molecular formula is C7H4ClF2NO3. The summed E-state index contributed by atoms with van der Waals surface area (Å²) in [5.74, 6) is -0.572. The summed E-state index contributed by atoms with van der Waals surface area (Å²) < 4.78 is 28.2. The third-order valence-corrected chi connectivity index (χ3v) is 1.36. The summed E-state index contributed by atoms with van der Waals surface area (Å²) in [7, 11) is 0. The second-order valence-corrected chi connectivity index (χ2v) is 2.71. The number of ether oxygens (including phenoxy) is 1. The van der Waals surface area contributed by atoms with Gasteiger partial charge >= 0.3 is 11.3 Å². The molecule has 1 rings (SSSR count). The lowest BCUT2D eigenvalue weighted by Crippen LogP contribution is -2.16. The molecule has 14 heavy (non-hydrogen) atoms. The van der Waals surface area contributed by atoms with Gasteiger partial charge in [-0.1, -0.05) is 12.1 Å². The van der Waals surface area contributed by atoms with E-state index in [1.807, 2.05) is 0 Å². The first-order valence-corrected chi connectivity index (χ1v) is 3.77. The molecule has 0 aliphatic rings. The van der Waals surface area contributed by atoms with E-state index in [-0.39, 0.29) is 0 Å². The summed E-state index contributed by atoms with van der Waals surface area (Å²) in [5, 5.41) is 10.3. The molecule has 7 heteroatoms. The molecule has 1 aromatic carbocycles. The Labute approximate surface area is 82.2 Å². The maximum Gasteiger partial charge on any atom is 0.487 e. The van der Waals surface area contributed by atoms with Crippen LogP contribution in [0.4, 0.5) is 14.5 Å². The summed E-state index contributed by atoms with van der Waals surface area (Å²) in [6.07, 6.45) is 0. The quantitative estimate of drug-likeness (QED) is 0.450. The molecule has 0 fully saturated rings. The van der Waals surface area contributed by atoms with Gasteiger partial charge in [-0.15, -0.1) is 8.78 Å². The molecule has 0 saturated heterocycles. The van der Waals surface area contributed by atoms with Crippen molar-refractivity contribution in [2.75, 3.05) is 0 Å². The third-order valence-electron chi connectivity index (χ3n) is 1.29. The van der Waals surface area contributed by atoms with E-state index in [9.17, 15) is 18.9 Å². The molecule has 0 aliphatic heterocycles. The van der Waals surface area contributed by atoms with Crippen molar-refractivity contribution in [3.8, 4) is 5.75 Å². The van der Waals surface area contributed by atoms with Gasteiger partial charge in [-0.3, -0.25) is 10.1 Å². The lowest BCUT2D eigenvalue weighted by atomic mass is 10.3. The SMILES string of the molecule is O=[N+]([O-])c1ccccc1OC(F)(F)Cl. The van der Waals surface area contributed by atoms with Crippen LogP contribution >= 0.6 is 11.6 Å². The standard InChI is InChI=1S/C7H4ClF2NO3/c8-7(9,10)14-6-4-2-1-3-5(6)11(12)13/h1-4H. The number of alkyl halides is 3. The van der Waals surface area contributed by atoms with E-state index < -0.39 is 21.9 Å². The minimum Gasteiger partial charge on any atom is -0.413 e. The number of rotatable bonds is 3. The minimum absolute atomic E-state index is 0.562. The van der Waals surface area contributed by atoms with Gasteiger partial charge in [-0.2, -0.15) is 0 Å². The Hall–Kier alpha value is -1.43. The number of nitro groups is 1. The van der Waals surface area contributed by atoms with Crippen molar-refractivity contribution in [2.45, 2.75) is 5.57 Å². The second-order valence-electron chi connectivity index (χ2n) is 2.27. The number of hydrogen-bond acceptors (Lipinski definition) is 3. The van der Waals surface area contributed by atoms with E-state index in [1.54, 1.807) is 0 Å². The van der Waals surface area contributed by atoms with Crippen LogP contribution in [0.5, 0.6) is 5.75 Å². The van der Waals surface area contributed by atoms with Gasteiger partial charge in [0.15, 0.2) is 0 Å². The third kappa shape index (κ3) is 2.81. The molecule has 0 heterocycles. The molecule has 0 N–H and O–H groups in total. The average Bonchev–Trinajstić information content (AvgIpc) is 2.01. The van der Waals surface area contributed by atoms with Crippen LogP contribution < -0.4 is 4.74 Å². The number of hydrogen-bond donors (Lipinski definition) is 0. The Morgan fingerprint density at radius 1 is 1.43 bits per heavy atom. The number of halogens is 3. The summed E-state index contributed by atoms with van der Waals surface area (Å²) >= 11 is 4.47. The van der Waals surface area contributed by atoms with Gasteiger partial charge in [-0.05, 0) is 6.07 Å². The Bertz CT molecular complexity index is 353. The Morgan fingerprint density at radius 2 is 2.00 bits per heavy atom. The van der Waals surface area contributed by atoms with Crippen LogP contribution in [0.1, 0.15) is 0 Å².